The minimum atomic E-state index is -0.225. The second kappa shape index (κ2) is 9.06. The van der Waals surface area contributed by atoms with Crippen molar-refractivity contribution in [2.75, 3.05) is 26.7 Å². The first-order chi connectivity index (χ1) is 12.3. The Hall–Kier alpha value is -2.04. The fourth-order valence-electron chi connectivity index (χ4n) is 3.44. The summed E-state index contributed by atoms with van der Waals surface area (Å²) in [5.41, 5.74) is 1.05. The van der Waals surface area contributed by atoms with Gasteiger partial charge in [-0.05, 0) is 30.0 Å². The van der Waals surface area contributed by atoms with E-state index in [-0.39, 0.29) is 29.6 Å². The van der Waals surface area contributed by atoms with Crippen LogP contribution in [0.1, 0.15) is 45.6 Å². The second-order valence-electron chi connectivity index (χ2n) is 7.86. The first-order valence-electron chi connectivity index (χ1n) is 9.54. The average Bonchev–Trinajstić information content (AvgIpc) is 3.06. The summed E-state index contributed by atoms with van der Waals surface area (Å²) in [4.78, 5) is 27.1. The molecule has 5 nitrogen and oxygen atoms in total. The van der Waals surface area contributed by atoms with Gasteiger partial charge in [-0.1, -0.05) is 39.8 Å². The van der Waals surface area contributed by atoms with Crippen LogP contribution in [0.5, 0.6) is 5.75 Å². The topological polar surface area (TPSA) is 58.6 Å². The van der Waals surface area contributed by atoms with Crippen molar-refractivity contribution in [2.24, 2.45) is 17.8 Å². The predicted molar refractivity (Wildman–Crippen MR) is 103 cm³/mol. The van der Waals surface area contributed by atoms with Gasteiger partial charge < -0.3 is 15.0 Å². The van der Waals surface area contributed by atoms with Crippen molar-refractivity contribution in [2.45, 2.75) is 40.0 Å². The third-order valence-electron chi connectivity index (χ3n) is 5.01. The number of nitrogens with zero attached hydrogens (tertiary/aromatic N) is 1. The molecule has 5 heteroatoms. The standard InChI is InChI=1S/C21H32N2O3/c1-14(2)9-10-22-20(24)19-13-23(21(25)15(3)4)12-18(19)16-7-6-8-17(11-16)26-5/h6-8,11,14-15,18-19H,9-10,12-13H2,1-5H3,(H,22,24). The molecule has 0 bridgehead atoms. The molecule has 1 heterocycles. The molecule has 1 aromatic carbocycles. The lowest BCUT2D eigenvalue weighted by Gasteiger charge is -2.19. The van der Waals surface area contributed by atoms with Crippen molar-refractivity contribution in [3.05, 3.63) is 29.8 Å². The SMILES string of the molecule is COc1cccc(C2CN(C(=O)C(C)C)CC2C(=O)NCCC(C)C)c1. The Morgan fingerprint density at radius 3 is 2.58 bits per heavy atom. The van der Waals surface area contributed by atoms with Gasteiger partial charge in [-0.15, -0.1) is 0 Å². The molecule has 0 aromatic heterocycles. The number of carbonyl (C=O) groups is 2. The molecule has 0 spiro atoms. The van der Waals surface area contributed by atoms with Crippen molar-refractivity contribution in [1.29, 1.82) is 0 Å². The fraction of sp³-hybridized carbons (Fsp3) is 0.619. The number of likely N-dealkylation sites (tertiary alicyclic amines) is 1. The lowest BCUT2D eigenvalue weighted by Crippen LogP contribution is -2.37. The summed E-state index contributed by atoms with van der Waals surface area (Å²) >= 11 is 0. The summed E-state index contributed by atoms with van der Waals surface area (Å²) in [6.45, 7) is 9.82. The molecule has 2 amide bonds. The summed E-state index contributed by atoms with van der Waals surface area (Å²) in [6, 6.07) is 7.83. The number of ether oxygens (including phenoxy) is 1. The van der Waals surface area contributed by atoms with Gasteiger partial charge in [0.05, 0.1) is 13.0 Å². The zero-order chi connectivity index (χ0) is 19.3. The highest BCUT2D eigenvalue weighted by molar-refractivity contribution is 5.84. The van der Waals surface area contributed by atoms with E-state index in [1.165, 1.54) is 0 Å². The van der Waals surface area contributed by atoms with E-state index in [1.807, 2.05) is 43.0 Å². The van der Waals surface area contributed by atoms with Crippen LogP contribution in [0.2, 0.25) is 0 Å². The van der Waals surface area contributed by atoms with Crippen molar-refractivity contribution in [3.63, 3.8) is 0 Å². The largest absolute Gasteiger partial charge is 0.497 e. The van der Waals surface area contributed by atoms with E-state index in [4.69, 9.17) is 4.74 Å². The molecule has 1 N–H and O–H groups in total. The van der Waals surface area contributed by atoms with Crippen LogP contribution in [0.4, 0.5) is 0 Å². The Bertz CT molecular complexity index is 627. The summed E-state index contributed by atoms with van der Waals surface area (Å²) < 4.78 is 5.33. The first kappa shape index (κ1) is 20.3. The van der Waals surface area contributed by atoms with E-state index in [1.54, 1.807) is 7.11 Å². The predicted octanol–water partition coefficient (Wildman–Crippen LogP) is 3.06. The van der Waals surface area contributed by atoms with Gasteiger partial charge in [-0.2, -0.15) is 0 Å². The zero-order valence-corrected chi connectivity index (χ0v) is 16.6. The lowest BCUT2D eigenvalue weighted by molar-refractivity contribution is -0.133. The molecular formula is C21H32N2O3. The lowest BCUT2D eigenvalue weighted by atomic mass is 9.88. The third-order valence-corrected chi connectivity index (χ3v) is 5.01. The van der Waals surface area contributed by atoms with Crippen molar-refractivity contribution < 1.29 is 14.3 Å². The van der Waals surface area contributed by atoms with E-state index in [9.17, 15) is 9.59 Å². The molecule has 2 unspecified atom stereocenters. The molecule has 1 fully saturated rings. The molecule has 0 saturated carbocycles. The van der Waals surface area contributed by atoms with Crippen LogP contribution in [0.25, 0.3) is 0 Å². The first-order valence-corrected chi connectivity index (χ1v) is 9.54. The summed E-state index contributed by atoms with van der Waals surface area (Å²) in [7, 11) is 1.64. The van der Waals surface area contributed by atoms with Crippen molar-refractivity contribution >= 4 is 11.8 Å². The molecule has 1 saturated heterocycles. The normalized spacial score (nSPS) is 19.9. The molecule has 1 aliphatic heterocycles. The molecular weight excluding hydrogens is 328 g/mol. The Kier molecular flexibility index (Phi) is 7.06. The van der Waals surface area contributed by atoms with Crippen LogP contribution >= 0.6 is 0 Å². The van der Waals surface area contributed by atoms with Gasteiger partial charge in [0.2, 0.25) is 11.8 Å². The van der Waals surface area contributed by atoms with Gasteiger partial charge in [0.15, 0.2) is 0 Å². The maximum absolute atomic E-state index is 12.8. The molecule has 144 valence electrons. The van der Waals surface area contributed by atoms with Crippen LogP contribution in [-0.4, -0.2) is 43.5 Å². The Morgan fingerprint density at radius 2 is 1.96 bits per heavy atom. The van der Waals surface area contributed by atoms with E-state index >= 15 is 0 Å². The monoisotopic (exact) mass is 360 g/mol. The smallest absolute Gasteiger partial charge is 0.225 e. The van der Waals surface area contributed by atoms with Gasteiger partial charge in [-0.25, -0.2) is 0 Å². The molecule has 0 radical (unpaired) electrons. The van der Waals surface area contributed by atoms with Gasteiger partial charge in [-0.3, -0.25) is 9.59 Å². The zero-order valence-electron chi connectivity index (χ0n) is 16.6. The number of hydrogen-bond acceptors (Lipinski definition) is 3. The van der Waals surface area contributed by atoms with E-state index < -0.39 is 0 Å². The molecule has 0 aliphatic carbocycles. The van der Waals surface area contributed by atoms with Crippen molar-refractivity contribution in [1.82, 2.24) is 10.2 Å². The quantitative estimate of drug-likeness (QED) is 0.813. The molecule has 1 aliphatic rings. The Labute approximate surface area is 157 Å². The van der Waals surface area contributed by atoms with Gasteiger partial charge in [0, 0.05) is 31.5 Å². The van der Waals surface area contributed by atoms with Crippen LogP contribution < -0.4 is 10.1 Å². The highest BCUT2D eigenvalue weighted by atomic mass is 16.5. The van der Waals surface area contributed by atoms with E-state index in [2.05, 4.69) is 19.2 Å². The minimum Gasteiger partial charge on any atom is -0.497 e. The van der Waals surface area contributed by atoms with Crippen LogP contribution in [0.3, 0.4) is 0 Å². The number of hydrogen-bond donors (Lipinski definition) is 1. The number of amides is 2. The fourth-order valence-corrected chi connectivity index (χ4v) is 3.44. The summed E-state index contributed by atoms with van der Waals surface area (Å²) in [6.07, 6.45) is 0.955. The number of rotatable bonds is 7. The highest BCUT2D eigenvalue weighted by Crippen LogP contribution is 2.35. The molecule has 1 aromatic rings. The van der Waals surface area contributed by atoms with Gasteiger partial charge >= 0.3 is 0 Å². The van der Waals surface area contributed by atoms with Gasteiger partial charge in [0.25, 0.3) is 0 Å². The summed E-state index contributed by atoms with van der Waals surface area (Å²) in [5, 5.41) is 3.06. The number of carbonyl (C=O) groups excluding carboxylic acids is 2. The maximum atomic E-state index is 12.8. The van der Waals surface area contributed by atoms with Crippen LogP contribution in [0.15, 0.2) is 24.3 Å². The van der Waals surface area contributed by atoms with Crippen LogP contribution in [0, 0.1) is 17.8 Å². The number of nitrogens with one attached hydrogen (secondary N) is 1. The van der Waals surface area contributed by atoms with E-state index in [0.29, 0.717) is 25.6 Å². The molecule has 2 rings (SSSR count). The minimum absolute atomic E-state index is 0.00755. The number of methoxy groups -OCH3 is 1. The van der Waals surface area contributed by atoms with E-state index in [0.717, 1.165) is 17.7 Å². The summed E-state index contributed by atoms with van der Waals surface area (Å²) in [5.74, 6) is 1.17. The molecule has 2 atom stereocenters. The third kappa shape index (κ3) is 4.99. The second-order valence-corrected chi connectivity index (χ2v) is 7.86. The van der Waals surface area contributed by atoms with Crippen molar-refractivity contribution in [3.8, 4) is 5.75 Å². The Balaban J connectivity index is 2.19. The number of benzene rings is 1. The Morgan fingerprint density at radius 1 is 1.23 bits per heavy atom. The van der Waals surface area contributed by atoms with Crippen LogP contribution in [-0.2, 0) is 9.59 Å². The highest BCUT2D eigenvalue weighted by Gasteiger charge is 2.40. The average molecular weight is 360 g/mol. The maximum Gasteiger partial charge on any atom is 0.225 e. The molecule has 26 heavy (non-hydrogen) atoms. The van der Waals surface area contributed by atoms with Gasteiger partial charge in [0.1, 0.15) is 5.75 Å².